The van der Waals surface area contributed by atoms with Crippen LogP contribution in [0.3, 0.4) is 0 Å². The van der Waals surface area contributed by atoms with Crippen LogP contribution < -0.4 is 4.74 Å². The highest BCUT2D eigenvalue weighted by atomic mass is 16.5. The fourth-order valence-electron chi connectivity index (χ4n) is 1.82. The number of rotatable bonds is 5. The molecule has 0 heterocycles. The summed E-state index contributed by atoms with van der Waals surface area (Å²) in [7, 11) is 0. The number of carbonyl (C=O) groups excluding carboxylic acids is 1. The molecule has 0 bridgehead atoms. The highest BCUT2D eigenvalue weighted by molar-refractivity contribution is 5.89. The van der Waals surface area contributed by atoms with E-state index in [-0.39, 0.29) is 12.1 Å². The smallest absolute Gasteiger partial charge is 0.338 e. The van der Waals surface area contributed by atoms with Crippen LogP contribution >= 0.6 is 0 Å². The molecule has 2 aromatic rings. The number of benzene rings is 2. The molecule has 0 radical (unpaired) electrons. The first-order valence-corrected chi connectivity index (χ1v) is 7.04. The van der Waals surface area contributed by atoms with Gasteiger partial charge >= 0.3 is 5.97 Å². The largest absolute Gasteiger partial charge is 0.489 e. The van der Waals surface area contributed by atoms with E-state index in [0.29, 0.717) is 12.2 Å². The van der Waals surface area contributed by atoms with Gasteiger partial charge in [-0.3, -0.25) is 0 Å². The van der Waals surface area contributed by atoms with Crippen LogP contribution in [-0.4, -0.2) is 12.1 Å². The van der Waals surface area contributed by atoms with Gasteiger partial charge in [-0.25, -0.2) is 4.79 Å². The molecule has 0 fully saturated rings. The van der Waals surface area contributed by atoms with Gasteiger partial charge in [0.2, 0.25) is 0 Å². The summed E-state index contributed by atoms with van der Waals surface area (Å²) in [6, 6.07) is 15.2. The Morgan fingerprint density at radius 3 is 2.19 bits per heavy atom. The maximum absolute atomic E-state index is 11.7. The molecule has 2 aromatic carbocycles. The lowest BCUT2D eigenvalue weighted by Crippen LogP contribution is -2.11. The first-order valence-electron chi connectivity index (χ1n) is 7.04. The molecule has 3 heteroatoms. The van der Waals surface area contributed by atoms with Gasteiger partial charge in [-0.1, -0.05) is 29.8 Å². The number of esters is 1. The zero-order chi connectivity index (χ0) is 15.2. The van der Waals surface area contributed by atoms with Gasteiger partial charge in [0.1, 0.15) is 12.4 Å². The summed E-state index contributed by atoms with van der Waals surface area (Å²) in [4.78, 5) is 11.7. The van der Waals surface area contributed by atoms with E-state index in [1.165, 1.54) is 5.56 Å². The zero-order valence-corrected chi connectivity index (χ0v) is 12.6. The van der Waals surface area contributed by atoms with Crippen molar-refractivity contribution in [3.8, 4) is 5.75 Å². The molecule has 0 saturated carbocycles. The average Bonchev–Trinajstić information content (AvgIpc) is 2.46. The maximum atomic E-state index is 11.7. The standard InChI is InChI=1S/C18H20O3/c1-13(2)21-18(19)16-8-10-17(11-9-16)20-12-15-6-4-14(3)5-7-15/h4-11,13H,12H2,1-3H3. The number of aryl methyl sites for hydroxylation is 1. The molecule has 0 amide bonds. The monoisotopic (exact) mass is 284 g/mol. The summed E-state index contributed by atoms with van der Waals surface area (Å²) in [5, 5.41) is 0. The van der Waals surface area contributed by atoms with Gasteiger partial charge in [-0.15, -0.1) is 0 Å². The van der Waals surface area contributed by atoms with Crippen molar-refractivity contribution in [2.24, 2.45) is 0 Å². The lowest BCUT2D eigenvalue weighted by Gasteiger charge is -2.09. The highest BCUT2D eigenvalue weighted by Gasteiger charge is 2.08. The number of carbonyl (C=O) groups is 1. The SMILES string of the molecule is Cc1ccc(COc2ccc(C(=O)OC(C)C)cc2)cc1. The van der Waals surface area contributed by atoms with Gasteiger partial charge in [0.05, 0.1) is 11.7 Å². The molecule has 2 rings (SSSR count). The summed E-state index contributed by atoms with van der Waals surface area (Å²) in [5.74, 6) is 0.423. The van der Waals surface area contributed by atoms with Crippen LogP contribution in [0.5, 0.6) is 5.75 Å². The van der Waals surface area contributed by atoms with Gasteiger partial charge in [0.25, 0.3) is 0 Å². The Morgan fingerprint density at radius 1 is 1.00 bits per heavy atom. The van der Waals surface area contributed by atoms with Crippen molar-refractivity contribution in [3.63, 3.8) is 0 Å². The second-order valence-corrected chi connectivity index (χ2v) is 5.25. The molecule has 0 spiro atoms. The Hall–Kier alpha value is -2.29. The van der Waals surface area contributed by atoms with Crippen molar-refractivity contribution in [2.45, 2.75) is 33.5 Å². The summed E-state index contributed by atoms with van der Waals surface area (Å²) in [5.41, 5.74) is 2.88. The molecule has 0 aromatic heterocycles. The second-order valence-electron chi connectivity index (χ2n) is 5.25. The van der Waals surface area contributed by atoms with Crippen LogP contribution in [-0.2, 0) is 11.3 Å². The minimum absolute atomic E-state index is 0.116. The van der Waals surface area contributed by atoms with E-state index in [0.717, 1.165) is 11.3 Å². The normalized spacial score (nSPS) is 10.5. The third kappa shape index (κ3) is 4.63. The van der Waals surface area contributed by atoms with E-state index in [2.05, 4.69) is 19.1 Å². The second kappa shape index (κ2) is 6.93. The fourth-order valence-corrected chi connectivity index (χ4v) is 1.82. The molecule has 0 aliphatic heterocycles. The van der Waals surface area contributed by atoms with Crippen LogP contribution in [0.4, 0.5) is 0 Å². The Labute approximate surface area is 125 Å². The molecular formula is C18H20O3. The molecule has 0 aliphatic carbocycles. The first kappa shape index (κ1) is 15.1. The minimum Gasteiger partial charge on any atom is -0.489 e. The van der Waals surface area contributed by atoms with Gasteiger partial charge < -0.3 is 9.47 Å². The van der Waals surface area contributed by atoms with E-state index >= 15 is 0 Å². The van der Waals surface area contributed by atoms with E-state index in [9.17, 15) is 4.79 Å². The average molecular weight is 284 g/mol. The summed E-state index contributed by atoms with van der Waals surface area (Å²) >= 11 is 0. The molecule has 0 atom stereocenters. The molecule has 0 aliphatic rings. The maximum Gasteiger partial charge on any atom is 0.338 e. The number of hydrogen-bond donors (Lipinski definition) is 0. The van der Waals surface area contributed by atoms with Gasteiger partial charge in [0.15, 0.2) is 0 Å². The van der Waals surface area contributed by atoms with Crippen LogP contribution in [0, 0.1) is 6.92 Å². The Bertz CT molecular complexity index is 583. The fraction of sp³-hybridized carbons (Fsp3) is 0.278. The molecule has 3 nitrogen and oxygen atoms in total. The molecule has 0 saturated heterocycles. The topological polar surface area (TPSA) is 35.5 Å². The van der Waals surface area contributed by atoms with E-state index in [1.807, 2.05) is 26.0 Å². The van der Waals surface area contributed by atoms with E-state index in [1.54, 1.807) is 24.3 Å². The molecule has 0 N–H and O–H groups in total. The van der Waals surface area contributed by atoms with Gasteiger partial charge in [0, 0.05) is 0 Å². The van der Waals surface area contributed by atoms with Crippen LogP contribution in [0.1, 0.15) is 35.3 Å². The first-order chi connectivity index (χ1) is 10.0. The Kier molecular flexibility index (Phi) is 4.99. The van der Waals surface area contributed by atoms with Crippen molar-refractivity contribution in [1.82, 2.24) is 0 Å². The minimum atomic E-state index is -0.310. The van der Waals surface area contributed by atoms with Crippen molar-refractivity contribution in [2.75, 3.05) is 0 Å². The highest BCUT2D eigenvalue weighted by Crippen LogP contribution is 2.15. The number of ether oxygens (including phenoxy) is 2. The van der Waals surface area contributed by atoms with Gasteiger partial charge in [-0.2, -0.15) is 0 Å². The zero-order valence-electron chi connectivity index (χ0n) is 12.6. The molecular weight excluding hydrogens is 264 g/mol. The quantitative estimate of drug-likeness (QED) is 0.774. The van der Waals surface area contributed by atoms with E-state index < -0.39 is 0 Å². The molecule has 110 valence electrons. The third-order valence-electron chi connectivity index (χ3n) is 2.96. The molecule has 0 unspecified atom stereocenters. The Balaban J connectivity index is 1.93. The van der Waals surface area contributed by atoms with Gasteiger partial charge in [-0.05, 0) is 50.6 Å². The molecule has 21 heavy (non-hydrogen) atoms. The summed E-state index contributed by atoms with van der Waals surface area (Å²) in [6.07, 6.45) is -0.116. The Morgan fingerprint density at radius 2 is 1.62 bits per heavy atom. The summed E-state index contributed by atoms with van der Waals surface area (Å²) in [6.45, 7) is 6.23. The third-order valence-corrected chi connectivity index (χ3v) is 2.96. The predicted octanol–water partition coefficient (Wildman–Crippen LogP) is 4.14. The van der Waals surface area contributed by atoms with Crippen molar-refractivity contribution in [3.05, 3.63) is 65.2 Å². The number of hydrogen-bond acceptors (Lipinski definition) is 3. The summed E-state index contributed by atoms with van der Waals surface area (Å²) < 4.78 is 10.8. The van der Waals surface area contributed by atoms with Crippen LogP contribution in [0.2, 0.25) is 0 Å². The van der Waals surface area contributed by atoms with Crippen molar-refractivity contribution < 1.29 is 14.3 Å². The lowest BCUT2D eigenvalue weighted by molar-refractivity contribution is 0.0378. The van der Waals surface area contributed by atoms with Crippen LogP contribution in [0.25, 0.3) is 0 Å². The lowest BCUT2D eigenvalue weighted by atomic mass is 10.2. The predicted molar refractivity (Wildman–Crippen MR) is 82.5 cm³/mol. The van der Waals surface area contributed by atoms with Crippen molar-refractivity contribution in [1.29, 1.82) is 0 Å². The van der Waals surface area contributed by atoms with E-state index in [4.69, 9.17) is 9.47 Å². The van der Waals surface area contributed by atoms with Crippen LogP contribution in [0.15, 0.2) is 48.5 Å². The van der Waals surface area contributed by atoms with Crippen molar-refractivity contribution >= 4 is 5.97 Å².